The van der Waals surface area contributed by atoms with Crippen LogP contribution in [0.3, 0.4) is 0 Å². The highest BCUT2D eigenvalue weighted by Crippen LogP contribution is 2.36. The van der Waals surface area contributed by atoms with Gasteiger partial charge in [0.1, 0.15) is 0 Å². The van der Waals surface area contributed by atoms with E-state index in [1.54, 1.807) is 20.4 Å². The predicted molar refractivity (Wildman–Crippen MR) is 80.5 cm³/mol. The summed E-state index contributed by atoms with van der Waals surface area (Å²) in [6.45, 7) is 9.90. The van der Waals surface area contributed by atoms with Gasteiger partial charge >= 0.3 is 7.12 Å². The third kappa shape index (κ3) is 3.16. The normalized spacial score (nSPS) is 20.2. The molecule has 2 rings (SSSR count). The van der Waals surface area contributed by atoms with Gasteiger partial charge in [0.2, 0.25) is 0 Å². The monoisotopic (exact) mass is 296 g/mol. The molecule has 0 N–H and O–H groups in total. The molecule has 1 aromatic rings. The third-order valence-electron chi connectivity index (χ3n) is 4.28. The van der Waals surface area contributed by atoms with Crippen LogP contribution in [0.2, 0.25) is 0 Å². The molecule has 0 atom stereocenters. The van der Waals surface area contributed by atoms with Gasteiger partial charge < -0.3 is 18.8 Å². The molecule has 0 unspecified atom stereocenters. The van der Waals surface area contributed by atoms with Crippen LogP contribution in [0.4, 0.5) is 0 Å². The van der Waals surface area contributed by atoms with Crippen molar-refractivity contribution >= 4 is 12.6 Å². The van der Waals surface area contributed by atoms with E-state index < -0.39 is 7.12 Å². The fourth-order valence-electron chi connectivity index (χ4n) is 2.26. The van der Waals surface area contributed by atoms with Gasteiger partial charge in [0, 0.05) is 25.9 Å². The average Bonchev–Trinajstić information content (AvgIpc) is 2.87. The Morgan fingerprint density at radius 1 is 1.14 bits per heavy atom. The Balaban J connectivity index is 2.26. The van der Waals surface area contributed by atoms with Crippen LogP contribution in [0.15, 0.2) is 6.20 Å². The maximum Gasteiger partial charge on any atom is 0.498 e. The minimum Gasteiger partial charge on any atom is -0.399 e. The molecular weight excluding hydrogens is 271 g/mol. The molecule has 0 amide bonds. The molecule has 0 bridgehead atoms. The number of rotatable bonds is 6. The minimum atomic E-state index is -0.420. The lowest BCUT2D eigenvalue weighted by Crippen LogP contribution is -2.41. The topological polar surface area (TPSA) is 54.7 Å². The standard InChI is InChI=1S/C14H25BN2O4/c1-13(2)14(3,4)21-15(20-13)11-9-16-17(7-8-18-5)12(11)10-19-6/h9H,7-8,10H2,1-6H3. The molecule has 7 heteroatoms. The van der Waals surface area contributed by atoms with Crippen LogP contribution in [0.25, 0.3) is 0 Å². The first-order valence-corrected chi connectivity index (χ1v) is 7.20. The fraction of sp³-hybridized carbons (Fsp3) is 0.786. The molecule has 118 valence electrons. The van der Waals surface area contributed by atoms with Crippen molar-refractivity contribution in [3.05, 3.63) is 11.9 Å². The molecule has 0 saturated carbocycles. The van der Waals surface area contributed by atoms with E-state index in [9.17, 15) is 0 Å². The first kappa shape index (κ1) is 16.5. The maximum absolute atomic E-state index is 6.09. The van der Waals surface area contributed by atoms with Crippen molar-refractivity contribution in [2.45, 2.75) is 52.0 Å². The Kier molecular flexibility index (Phi) is 4.77. The maximum atomic E-state index is 6.09. The highest BCUT2D eigenvalue weighted by Gasteiger charge is 2.52. The van der Waals surface area contributed by atoms with E-state index >= 15 is 0 Å². The highest BCUT2D eigenvalue weighted by atomic mass is 16.7. The van der Waals surface area contributed by atoms with Gasteiger partial charge in [-0.2, -0.15) is 5.10 Å². The van der Waals surface area contributed by atoms with Crippen molar-refractivity contribution in [1.29, 1.82) is 0 Å². The van der Waals surface area contributed by atoms with Crippen molar-refractivity contribution in [3.63, 3.8) is 0 Å². The summed E-state index contributed by atoms with van der Waals surface area (Å²) < 4.78 is 24.5. The van der Waals surface area contributed by atoms with E-state index in [0.29, 0.717) is 19.8 Å². The van der Waals surface area contributed by atoms with Crippen LogP contribution in [-0.2, 0) is 31.9 Å². The molecule has 1 aromatic heterocycles. The van der Waals surface area contributed by atoms with Gasteiger partial charge in [-0.25, -0.2) is 0 Å². The summed E-state index contributed by atoms with van der Waals surface area (Å²) >= 11 is 0. The second-order valence-corrected chi connectivity index (χ2v) is 6.28. The van der Waals surface area contributed by atoms with Crippen LogP contribution < -0.4 is 5.46 Å². The molecule has 0 aromatic carbocycles. The van der Waals surface area contributed by atoms with Crippen LogP contribution in [-0.4, -0.2) is 48.9 Å². The molecular formula is C14H25BN2O4. The average molecular weight is 296 g/mol. The zero-order valence-electron chi connectivity index (χ0n) is 13.8. The Bertz CT molecular complexity index is 471. The van der Waals surface area contributed by atoms with Crippen molar-refractivity contribution in [3.8, 4) is 0 Å². The van der Waals surface area contributed by atoms with Crippen molar-refractivity contribution < 1.29 is 18.8 Å². The van der Waals surface area contributed by atoms with Crippen LogP contribution in [0, 0.1) is 0 Å². The lowest BCUT2D eigenvalue weighted by Gasteiger charge is -2.32. The molecule has 1 aliphatic rings. The molecule has 1 fully saturated rings. The molecule has 2 heterocycles. The van der Waals surface area contributed by atoms with E-state index in [1.807, 2.05) is 32.4 Å². The molecule has 1 saturated heterocycles. The van der Waals surface area contributed by atoms with E-state index in [4.69, 9.17) is 18.8 Å². The summed E-state index contributed by atoms with van der Waals surface area (Å²) in [6, 6.07) is 0. The lowest BCUT2D eigenvalue weighted by molar-refractivity contribution is 0.00578. The third-order valence-corrected chi connectivity index (χ3v) is 4.28. The van der Waals surface area contributed by atoms with Gasteiger partial charge in [0.15, 0.2) is 0 Å². The van der Waals surface area contributed by atoms with Crippen molar-refractivity contribution in [2.75, 3.05) is 20.8 Å². The van der Waals surface area contributed by atoms with E-state index in [2.05, 4.69) is 5.10 Å². The Hall–Kier alpha value is -0.885. The van der Waals surface area contributed by atoms with E-state index in [-0.39, 0.29) is 11.2 Å². The van der Waals surface area contributed by atoms with Crippen molar-refractivity contribution in [1.82, 2.24) is 9.78 Å². The zero-order valence-corrected chi connectivity index (χ0v) is 13.8. The highest BCUT2D eigenvalue weighted by molar-refractivity contribution is 6.62. The van der Waals surface area contributed by atoms with E-state index in [0.717, 1.165) is 11.2 Å². The van der Waals surface area contributed by atoms with Crippen LogP contribution in [0.1, 0.15) is 33.4 Å². The molecule has 1 aliphatic heterocycles. The van der Waals surface area contributed by atoms with Gasteiger partial charge in [-0.3, -0.25) is 4.68 Å². The van der Waals surface area contributed by atoms with Gasteiger partial charge in [-0.15, -0.1) is 0 Å². The van der Waals surface area contributed by atoms with Gasteiger partial charge in [0.25, 0.3) is 0 Å². The molecule has 0 aliphatic carbocycles. The number of nitrogens with zero attached hydrogens (tertiary/aromatic N) is 2. The van der Waals surface area contributed by atoms with Gasteiger partial charge in [0.05, 0.1) is 36.7 Å². The summed E-state index contributed by atoms with van der Waals surface area (Å²) in [7, 11) is 2.92. The SMILES string of the molecule is COCCn1ncc(B2OC(C)(C)C(C)(C)O2)c1COC. The summed E-state index contributed by atoms with van der Waals surface area (Å²) in [5.74, 6) is 0. The number of hydrogen-bond acceptors (Lipinski definition) is 5. The number of methoxy groups -OCH3 is 2. The van der Waals surface area contributed by atoms with Crippen molar-refractivity contribution in [2.24, 2.45) is 0 Å². The molecule has 0 spiro atoms. The van der Waals surface area contributed by atoms with Crippen LogP contribution in [0.5, 0.6) is 0 Å². The minimum absolute atomic E-state index is 0.364. The summed E-state index contributed by atoms with van der Waals surface area (Å²) in [4.78, 5) is 0. The zero-order chi connectivity index (χ0) is 15.7. The predicted octanol–water partition coefficient (Wildman–Crippen LogP) is 0.975. The van der Waals surface area contributed by atoms with Gasteiger partial charge in [-0.1, -0.05) is 0 Å². The Labute approximate surface area is 126 Å². The second-order valence-electron chi connectivity index (χ2n) is 6.28. The molecule has 21 heavy (non-hydrogen) atoms. The largest absolute Gasteiger partial charge is 0.498 e. The first-order chi connectivity index (χ1) is 9.82. The van der Waals surface area contributed by atoms with Gasteiger partial charge in [-0.05, 0) is 27.7 Å². The summed E-state index contributed by atoms with van der Waals surface area (Å²) in [6.07, 6.45) is 1.80. The smallest absolute Gasteiger partial charge is 0.399 e. The fourth-order valence-corrected chi connectivity index (χ4v) is 2.26. The summed E-state index contributed by atoms with van der Waals surface area (Å²) in [5.41, 5.74) is 1.16. The Morgan fingerprint density at radius 3 is 2.29 bits per heavy atom. The second kappa shape index (κ2) is 6.08. The number of ether oxygens (including phenoxy) is 2. The molecule has 0 radical (unpaired) electrons. The van der Waals surface area contributed by atoms with E-state index in [1.165, 1.54) is 0 Å². The molecule has 6 nitrogen and oxygen atoms in total. The Morgan fingerprint density at radius 2 is 1.76 bits per heavy atom. The first-order valence-electron chi connectivity index (χ1n) is 7.20. The number of aromatic nitrogens is 2. The van der Waals surface area contributed by atoms with Crippen LogP contribution >= 0.6 is 0 Å². The summed E-state index contributed by atoms with van der Waals surface area (Å²) in [5, 5.41) is 4.41. The lowest BCUT2D eigenvalue weighted by atomic mass is 9.79. The quantitative estimate of drug-likeness (QED) is 0.732. The number of hydrogen-bond donors (Lipinski definition) is 0.